The first kappa shape index (κ1) is 27.0. The van der Waals surface area contributed by atoms with Crippen LogP contribution in [0.5, 0.6) is 5.88 Å². The predicted octanol–water partition coefficient (Wildman–Crippen LogP) is 4.10. The SMILES string of the molecule is COc1ccc2nc(NC(=O)[C@H](CC3CCCC3)c3ccc(S(=O)(=O)N(C)CCC(=O)O)cc3)sc2n1. The predicted molar refractivity (Wildman–Crippen MR) is 140 cm³/mol. The van der Waals surface area contributed by atoms with Gasteiger partial charge >= 0.3 is 5.97 Å². The van der Waals surface area contributed by atoms with Gasteiger partial charge in [0.2, 0.25) is 21.8 Å². The maximum Gasteiger partial charge on any atom is 0.304 e. The molecule has 4 rings (SSSR count). The number of nitrogens with one attached hydrogen (secondary N) is 1. The fraction of sp³-hybridized carbons (Fsp3) is 0.440. The number of carboxylic acid groups (broad SMARTS) is 1. The van der Waals surface area contributed by atoms with Crippen molar-refractivity contribution in [2.45, 2.75) is 49.3 Å². The third-order valence-electron chi connectivity index (χ3n) is 6.66. The van der Waals surface area contributed by atoms with Gasteiger partial charge < -0.3 is 15.2 Å². The number of pyridine rings is 1. The molecule has 37 heavy (non-hydrogen) atoms. The summed E-state index contributed by atoms with van der Waals surface area (Å²) < 4.78 is 31.9. The van der Waals surface area contributed by atoms with E-state index in [1.54, 1.807) is 24.3 Å². The number of methoxy groups -OCH3 is 1. The number of carbonyl (C=O) groups is 2. The molecular formula is C25H30N4O6S2. The lowest BCUT2D eigenvalue weighted by Crippen LogP contribution is -2.29. The lowest BCUT2D eigenvalue weighted by Gasteiger charge is -2.21. The van der Waals surface area contributed by atoms with Crippen molar-refractivity contribution < 1.29 is 27.9 Å². The molecule has 1 aromatic carbocycles. The molecule has 12 heteroatoms. The summed E-state index contributed by atoms with van der Waals surface area (Å²) in [6.45, 7) is -0.130. The number of carboxylic acids is 1. The number of amides is 1. The zero-order valence-electron chi connectivity index (χ0n) is 20.7. The van der Waals surface area contributed by atoms with Crippen LogP contribution in [0.3, 0.4) is 0 Å². The topological polar surface area (TPSA) is 139 Å². The van der Waals surface area contributed by atoms with Gasteiger partial charge in [0.1, 0.15) is 10.3 Å². The normalized spacial score (nSPS) is 15.2. The monoisotopic (exact) mass is 546 g/mol. The number of sulfonamides is 1. The molecule has 1 saturated carbocycles. The van der Waals surface area contributed by atoms with Crippen LogP contribution in [-0.2, 0) is 19.6 Å². The van der Waals surface area contributed by atoms with Crippen LogP contribution >= 0.6 is 11.3 Å². The number of carbonyl (C=O) groups excluding carboxylic acids is 1. The summed E-state index contributed by atoms with van der Waals surface area (Å²) in [5.41, 5.74) is 1.38. The highest BCUT2D eigenvalue weighted by molar-refractivity contribution is 7.89. The summed E-state index contributed by atoms with van der Waals surface area (Å²) in [5, 5.41) is 12.2. The Morgan fingerprint density at radius 3 is 2.51 bits per heavy atom. The minimum atomic E-state index is -3.84. The minimum absolute atomic E-state index is 0.0513. The number of hydrogen-bond donors (Lipinski definition) is 2. The Morgan fingerprint density at radius 2 is 1.86 bits per heavy atom. The molecule has 198 valence electrons. The Bertz CT molecular complexity index is 1370. The summed E-state index contributed by atoms with van der Waals surface area (Å²) in [6, 6.07) is 9.79. The maximum atomic E-state index is 13.5. The van der Waals surface area contributed by atoms with Crippen LogP contribution in [0, 0.1) is 5.92 Å². The van der Waals surface area contributed by atoms with Gasteiger partial charge in [0.25, 0.3) is 0 Å². The zero-order chi connectivity index (χ0) is 26.6. The van der Waals surface area contributed by atoms with E-state index in [9.17, 15) is 18.0 Å². The van der Waals surface area contributed by atoms with Crippen molar-refractivity contribution in [3.8, 4) is 5.88 Å². The van der Waals surface area contributed by atoms with E-state index in [0.717, 1.165) is 35.6 Å². The third kappa shape index (κ3) is 6.43. The molecule has 3 aromatic rings. The molecule has 2 heterocycles. The highest BCUT2D eigenvalue weighted by atomic mass is 32.2. The number of anilines is 1. The van der Waals surface area contributed by atoms with E-state index in [2.05, 4.69) is 15.3 Å². The average Bonchev–Trinajstić information content (AvgIpc) is 3.54. The number of hydrogen-bond acceptors (Lipinski definition) is 8. The third-order valence-corrected chi connectivity index (χ3v) is 9.41. The highest BCUT2D eigenvalue weighted by Crippen LogP contribution is 2.36. The summed E-state index contributed by atoms with van der Waals surface area (Å²) in [4.78, 5) is 33.8. The van der Waals surface area contributed by atoms with E-state index in [1.165, 1.54) is 37.6 Å². The molecule has 10 nitrogen and oxygen atoms in total. The lowest BCUT2D eigenvalue weighted by molar-refractivity contribution is -0.137. The van der Waals surface area contributed by atoms with Crippen molar-refractivity contribution in [3.05, 3.63) is 42.0 Å². The summed E-state index contributed by atoms with van der Waals surface area (Å²) >= 11 is 1.27. The van der Waals surface area contributed by atoms with Crippen LogP contribution in [0.1, 0.15) is 50.0 Å². The minimum Gasteiger partial charge on any atom is -0.481 e. The number of fused-ring (bicyclic) bond motifs is 1. The molecule has 2 aromatic heterocycles. The number of aromatic nitrogens is 2. The number of ether oxygens (including phenoxy) is 1. The van der Waals surface area contributed by atoms with Crippen molar-refractivity contribution in [2.75, 3.05) is 26.0 Å². The number of aliphatic carboxylic acids is 1. The van der Waals surface area contributed by atoms with Gasteiger partial charge in [-0.2, -0.15) is 0 Å². The standard InChI is InChI=1S/C25H30N4O6S2/c1-29(14-13-22(30)31)37(33,34)18-9-7-17(8-10-18)19(15-16-5-3-4-6-16)23(32)28-25-26-20-11-12-21(35-2)27-24(20)36-25/h7-12,16,19H,3-6,13-15H2,1-2H3,(H,30,31)(H,26,28,32)/t19-/m1/s1. The first-order valence-corrected chi connectivity index (χ1v) is 14.3. The first-order valence-electron chi connectivity index (χ1n) is 12.1. The molecule has 1 fully saturated rings. The van der Waals surface area contributed by atoms with Gasteiger partial charge in [-0.05, 0) is 36.1 Å². The number of nitrogens with zero attached hydrogens (tertiary/aromatic N) is 3. The van der Waals surface area contributed by atoms with Crippen LogP contribution in [-0.4, -0.2) is 60.4 Å². The maximum absolute atomic E-state index is 13.5. The molecule has 1 amide bonds. The van der Waals surface area contributed by atoms with Crippen molar-refractivity contribution in [1.29, 1.82) is 0 Å². The molecule has 0 radical (unpaired) electrons. The molecule has 2 N–H and O–H groups in total. The number of thiazole rings is 1. The molecule has 1 atom stereocenters. The van der Waals surface area contributed by atoms with E-state index in [-0.39, 0.29) is 23.8 Å². The molecule has 1 aliphatic carbocycles. The molecule has 1 aliphatic rings. The largest absolute Gasteiger partial charge is 0.481 e. The van der Waals surface area contributed by atoms with Crippen molar-refractivity contribution >= 4 is 48.7 Å². The number of rotatable bonds is 11. The van der Waals surface area contributed by atoms with Gasteiger partial charge in [-0.3, -0.25) is 9.59 Å². The second kappa shape index (κ2) is 11.5. The van der Waals surface area contributed by atoms with Gasteiger partial charge in [0, 0.05) is 19.7 Å². The second-order valence-corrected chi connectivity index (χ2v) is 12.2. The molecule has 0 aliphatic heterocycles. The second-order valence-electron chi connectivity index (χ2n) is 9.16. The Balaban J connectivity index is 1.55. The van der Waals surface area contributed by atoms with E-state index in [1.807, 2.05) is 0 Å². The summed E-state index contributed by atoms with van der Waals surface area (Å²) in [7, 11) is -0.955. The molecular weight excluding hydrogens is 516 g/mol. The Kier molecular flexibility index (Phi) is 8.40. The van der Waals surface area contributed by atoms with Crippen LogP contribution < -0.4 is 10.1 Å². The Morgan fingerprint density at radius 1 is 1.16 bits per heavy atom. The van der Waals surface area contributed by atoms with E-state index in [0.29, 0.717) is 33.7 Å². The average molecular weight is 547 g/mol. The Hall–Kier alpha value is -3.09. The van der Waals surface area contributed by atoms with Crippen molar-refractivity contribution in [2.24, 2.45) is 5.92 Å². The highest BCUT2D eigenvalue weighted by Gasteiger charge is 2.28. The molecule has 0 bridgehead atoms. The number of benzene rings is 1. The van der Waals surface area contributed by atoms with Crippen molar-refractivity contribution in [1.82, 2.24) is 14.3 Å². The van der Waals surface area contributed by atoms with E-state index >= 15 is 0 Å². The molecule has 0 spiro atoms. The van der Waals surface area contributed by atoms with Gasteiger partial charge in [-0.25, -0.2) is 22.7 Å². The quantitative estimate of drug-likeness (QED) is 0.367. The van der Waals surface area contributed by atoms with Crippen LogP contribution in [0.4, 0.5) is 5.13 Å². The smallest absolute Gasteiger partial charge is 0.304 e. The lowest BCUT2D eigenvalue weighted by atomic mass is 9.87. The molecule has 0 unspecified atom stereocenters. The first-order chi connectivity index (χ1) is 17.7. The van der Waals surface area contributed by atoms with Gasteiger partial charge in [-0.15, -0.1) is 0 Å². The fourth-order valence-corrected chi connectivity index (χ4v) is 6.56. The van der Waals surface area contributed by atoms with Gasteiger partial charge in [-0.1, -0.05) is 49.2 Å². The zero-order valence-corrected chi connectivity index (χ0v) is 22.3. The summed E-state index contributed by atoms with van der Waals surface area (Å²) in [6.07, 6.45) is 4.79. The van der Waals surface area contributed by atoms with E-state index < -0.39 is 21.9 Å². The Labute approximate surface area is 219 Å². The van der Waals surface area contributed by atoms with Crippen molar-refractivity contribution in [3.63, 3.8) is 0 Å². The van der Waals surface area contributed by atoms with Crippen LogP contribution in [0.2, 0.25) is 0 Å². The van der Waals surface area contributed by atoms with Gasteiger partial charge in [0.05, 0.1) is 24.3 Å². The summed E-state index contributed by atoms with van der Waals surface area (Å²) in [5.74, 6) is -0.855. The van der Waals surface area contributed by atoms with Gasteiger partial charge in [0.15, 0.2) is 5.13 Å². The fourth-order valence-electron chi connectivity index (χ4n) is 4.56. The van der Waals surface area contributed by atoms with Crippen LogP contribution in [0.25, 0.3) is 10.3 Å². The van der Waals surface area contributed by atoms with Crippen LogP contribution in [0.15, 0.2) is 41.3 Å². The molecule has 0 saturated heterocycles. The van der Waals surface area contributed by atoms with E-state index in [4.69, 9.17) is 9.84 Å².